The second-order valence-corrected chi connectivity index (χ2v) is 3.67. The predicted octanol–water partition coefficient (Wildman–Crippen LogP) is 0.179. The minimum atomic E-state index is 0.0653. The molecule has 0 spiro atoms. The van der Waals surface area contributed by atoms with Gasteiger partial charge in [0.2, 0.25) is 0 Å². The maximum absolute atomic E-state index is 9.15. The molecule has 0 bridgehead atoms. The van der Waals surface area contributed by atoms with Crippen LogP contribution in [0.1, 0.15) is 26.7 Å². The number of rotatable bonds is 5. The van der Waals surface area contributed by atoms with Crippen LogP contribution in [-0.4, -0.2) is 41.3 Å². The predicted molar refractivity (Wildman–Crippen MR) is 49.9 cm³/mol. The average Bonchev–Trinajstić information content (AvgIpc) is 2.81. The topological polar surface area (TPSA) is 49.5 Å². The maximum atomic E-state index is 9.15. The van der Waals surface area contributed by atoms with E-state index in [1.807, 2.05) is 6.92 Å². The van der Waals surface area contributed by atoms with Crippen molar-refractivity contribution in [3.05, 3.63) is 0 Å². The van der Waals surface area contributed by atoms with E-state index in [0.29, 0.717) is 6.04 Å². The molecule has 0 aliphatic heterocycles. The van der Waals surface area contributed by atoms with E-state index in [4.69, 9.17) is 10.8 Å². The normalized spacial score (nSPS) is 22.8. The average molecular weight is 172 g/mol. The number of hydrogen-bond acceptors (Lipinski definition) is 3. The van der Waals surface area contributed by atoms with Gasteiger partial charge in [-0.2, -0.15) is 0 Å². The summed E-state index contributed by atoms with van der Waals surface area (Å²) in [6.45, 7) is 5.27. The van der Waals surface area contributed by atoms with Crippen molar-refractivity contribution in [2.24, 2.45) is 5.73 Å². The molecule has 0 aromatic heterocycles. The number of aliphatic hydroxyl groups excluding tert-OH is 1. The van der Waals surface area contributed by atoms with Gasteiger partial charge in [-0.1, -0.05) is 6.92 Å². The smallest absolute Gasteiger partial charge is 0.0601 e. The summed E-state index contributed by atoms with van der Waals surface area (Å²) in [6.07, 6.45) is 2.55. The van der Waals surface area contributed by atoms with Crippen molar-refractivity contribution >= 4 is 0 Å². The lowest BCUT2D eigenvalue weighted by Gasteiger charge is -2.31. The van der Waals surface area contributed by atoms with Crippen molar-refractivity contribution in [1.82, 2.24) is 4.90 Å². The second kappa shape index (κ2) is 4.21. The first kappa shape index (κ1) is 9.96. The van der Waals surface area contributed by atoms with E-state index in [1.54, 1.807) is 0 Å². The first-order valence-corrected chi connectivity index (χ1v) is 4.82. The van der Waals surface area contributed by atoms with E-state index in [1.165, 1.54) is 12.8 Å². The minimum absolute atomic E-state index is 0.0653. The van der Waals surface area contributed by atoms with Gasteiger partial charge < -0.3 is 10.8 Å². The molecule has 72 valence electrons. The molecule has 3 nitrogen and oxygen atoms in total. The Morgan fingerprint density at radius 2 is 2.17 bits per heavy atom. The Bertz CT molecular complexity index is 126. The first-order chi connectivity index (χ1) is 5.70. The van der Waals surface area contributed by atoms with Gasteiger partial charge in [-0.15, -0.1) is 0 Å². The van der Waals surface area contributed by atoms with Crippen molar-refractivity contribution in [3.8, 4) is 0 Å². The monoisotopic (exact) mass is 172 g/mol. The third kappa shape index (κ3) is 2.19. The number of likely N-dealkylation sites (N-methyl/N-ethyl adjacent to an activating group) is 1. The third-order valence-corrected chi connectivity index (χ3v) is 2.60. The molecule has 1 saturated carbocycles. The van der Waals surface area contributed by atoms with E-state index in [0.717, 1.165) is 6.54 Å². The molecule has 2 unspecified atom stereocenters. The Balaban J connectivity index is 2.47. The highest BCUT2D eigenvalue weighted by Crippen LogP contribution is 2.28. The highest BCUT2D eigenvalue weighted by atomic mass is 16.3. The molecule has 12 heavy (non-hydrogen) atoms. The van der Waals surface area contributed by atoms with Gasteiger partial charge in [0.15, 0.2) is 0 Å². The van der Waals surface area contributed by atoms with E-state index in [9.17, 15) is 0 Å². The Morgan fingerprint density at radius 3 is 2.42 bits per heavy atom. The molecule has 0 amide bonds. The minimum Gasteiger partial charge on any atom is -0.395 e. The van der Waals surface area contributed by atoms with E-state index in [-0.39, 0.29) is 18.7 Å². The van der Waals surface area contributed by atoms with Gasteiger partial charge in [0.05, 0.1) is 6.61 Å². The molecule has 1 rings (SSSR count). The molecule has 0 aromatic carbocycles. The van der Waals surface area contributed by atoms with E-state index >= 15 is 0 Å². The largest absolute Gasteiger partial charge is 0.395 e. The second-order valence-electron chi connectivity index (χ2n) is 3.67. The molecule has 2 atom stereocenters. The molecular formula is C9H20N2O. The van der Waals surface area contributed by atoms with Crippen LogP contribution in [0.3, 0.4) is 0 Å². The molecule has 3 heteroatoms. The lowest BCUT2D eigenvalue weighted by atomic mass is 10.1. The van der Waals surface area contributed by atoms with Gasteiger partial charge in [0, 0.05) is 18.1 Å². The van der Waals surface area contributed by atoms with Gasteiger partial charge in [-0.25, -0.2) is 0 Å². The Kier molecular flexibility index (Phi) is 3.50. The molecule has 0 radical (unpaired) electrons. The molecule has 3 N–H and O–H groups in total. The van der Waals surface area contributed by atoms with Crippen LogP contribution < -0.4 is 5.73 Å². The summed E-state index contributed by atoms with van der Waals surface area (Å²) >= 11 is 0. The summed E-state index contributed by atoms with van der Waals surface area (Å²) in [7, 11) is 0. The fourth-order valence-corrected chi connectivity index (χ4v) is 1.74. The summed E-state index contributed by atoms with van der Waals surface area (Å²) in [6, 6.07) is 0.913. The highest BCUT2D eigenvalue weighted by Gasteiger charge is 2.33. The Morgan fingerprint density at radius 1 is 1.58 bits per heavy atom. The standard InChI is InChI=1S/C9H20N2O/c1-3-11(8-4-5-8)9(6-12)7(2)10/h7-9,12H,3-6,10H2,1-2H3. The molecule has 0 aromatic rings. The lowest BCUT2D eigenvalue weighted by molar-refractivity contribution is 0.106. The molecule has 1 aliphatic rings. The maximum Gasteiger partial charge on any atom is 0.0601 e. The molecule has 1 fully saturated rings. The van der Waals surface area contributed by atoms with Crippen molar-refractivity contribution in [2.45, 2.75) is 44.8 Å². The van der Waals surface area contributed by atoms with Crippen LogP contribution in [0.2, 0.25) is 0 Å². The Labute approximate surface area is 74.5 Å². The van der Waals surface area contributed by atoms with Gasteiger partial charge in [0.1, 0.15) is 0 Å². The summed E-state index contributed by atoms with van der Waals surface area (Å²) in [5.41, 5.74) is 5.79. The van der Waals surface area contributed by atoms with Crippen LogP contribution in [0, 0.1) is 0 Å². The van der Waals surface area contributed by atoms with Crippen LogP contribution in [0.25, 0.3) is 0 Å². The van der Waals surface area contributed by atoms with Crippen LogP contribution >= 0.6 is 0 Å². The summed E-state index contributed by atoms with van der Waals surface area (Å²) in [5.74, 6) is 0. The van der Waals surface area contributed by atoms with Gasteiger partial charge >= 0.3 is 0 Å². The fraction of sp³-hybridized carbons (Fsp3) is 1.00. The van der Waals surface area contributed by atoms with Gasteiger partial charge in [-0.3, -0.25) is 4.90 Å². The molecule has 1 aliphatic carbocycles. The molecule has 0 saturated heterocycles. The number of hydrogen-bond donors (Lipinski definition) is 2. The Hall–Kier alpha value is -0.120. The zero-order valence-electron chi connectivity index (χ0n) is 8.03. The van der Waals surface area contributed by atoms with Crippen molar-refractivity contribution < 1.29 is 5.11 Å². The van der Waals surface area contributed by atoms with E-state index in [2.05, 4.69) is 11.8 Å². The van der Waals surface area contributed by atoms with Crippen molar-refractivity contribution in [2.75, 3.05) is 13.2 Å². The fourth-order valence-electron chi connectivity index (χ4n) is 1.74. The number of nitrogens with zero attached hydrogens (tertiary/aromatic N) is 1. The lowest BCUT2D eigenvalue weighted by Crippen LogP contribution is -2.49. The van der Waals surface area contributed by atoms with Gasteiger partial charge in [0.25, 0.3) is 0 Å². The van der Waals surface area contributed by atoms with Crippen LogP contribution in [0.4, 0.5) is 0 Å². The van der Waals surface area contributed by atoms with Gasteiger partial charge in [-0.05, 0) is 26.3 Å². The number of nitrogens with two attached hydrogens (primary N) is 1. The molecular weight excluding hydrogens is 152 g/mol. The highest BCUT2D eigenvalue weighted by molar-refractivity contribution is 4.90. The number of aliphatic hydroxyl groups is 1. The van der Waals surface area contributed by atoms with Crippen LogP contribution in [0.5, 0.6) is 0 Å². The zero-order chi connectivity index (χ0) is 9.14. The summed E-state index contributed by atoms with van der Waals surface area (Å²) in [4.78, 5) is 2.32. The zero-order valence-corrected chi connectivity index (χ0v) is 8.03. The SMILES string of the molecule is CCN(C1CC1)C(CO)C(C)N. The quantitative estimate of drug-likeness (QED) is 0.622. The molecule has 0 heterocycles. The first-order valence-electron chi connectivity index (χ1n) is 4.82. The van der Waals surface area contributed by atoms with E-state index < -0.39 is 0 Å². The summed E-state index contributed by atoms with van der Waals surface area (Å²) < 4.78 is 0. The van der Waals surface area contributed by atoms with Crippen LogP contribution in [-0.2, 0) is 0 Å². The van der Waals surface area contributed by atoms with Crippen molar-refractivity contribution in [3.63, 3.8) is 0 Å². The van der Waals surface area contributed by atoms with Crippen molar-refractivity contribution in [1.29, 1.82) is 0 Å². The third-order valence-electron chi connectivity index (χ3n) is 2.60. The summed E-state index contributed by atoms with van der Waals surface area (Å²) in [5, 5.41) is 9.15. The van der Waals surface area contributed by atoms with Crippen LogP contribution in [0.15, 0.2) is 0 Å².